The van der Waals surface area contributed by atoms with Crippen molar-refractivity contribution in [1.82, 2.24) is 14.8 Å². The van der Waals surface area contributed by atoms with Crippen molar-refractivity contribution in [3.05, 3.63) is 59.9 Å². The maximum absolute atomic E-state index is 13.5. The smallest absolute Gasteiger partial charge is 0.257 e. The fourth-order valence-electron chi connectivity index (χ4n) is 5.03. The number of likely N-dealkylation sites (tertiary alicyclic amines) is 2. The second-order valence-electron chi connectivity index (χ2n) is 8.76. The van der Waals surface area contributed by atoms with Crippen LogP contribution in [0.2, 0.25) is 0 Å². The molecule has 32 heavy (non-hydrogen) atoms. The topological polar surface area (TPSA) is 62.7 Å². The zero-order chi connectivity index (χ0) is 22.3. The van der Waals surface area contributed by atoms with Gasteiger partial charge in [-0.3, -0.25) is 14.6 Å². The zero-order valence-electron chi connectivity index (χ0n) is 18.9. The Balaban J connectivity index is 1.41. The van der Waals surface area contributed by atoms with Crippen molar-refractivity contribution in [3.63, 3.8) is 0 Å². The molecule has 2 saturated heterocycles. The van der Waals surface area contributed by atoms with Gasteiger partial charge in [0.05, 0.1) is 18.2 Å². The molecule has 2 aliphatic heterocycles. The van der Waals surface area contributed by atoms with Crippen molar-refractivity contribution < 1.29 is 14.3 Å². The molecule has 170 valence electrons. The van der Waals surface area contributed by atoms with Crippen LogP contribution in [0.3, 0.4) is 0 Å². The quantitative estimate of drug-likeness (QED) is 0.661. The van der Waals surface area contributed by atoms with Crippen molar-refractivity contribution in [3.8, 4) is 5.75 Å². The van der Waals surface area contributed by atoms with Crippen LogP contribution in [0.4, 0.5) is 0 Å². The molecule has 0 aliphatic carbocycles. The number of amides is 2. The van der Waals surface area contributed by atoms with E-state index in [-0.39, 0.29) is 17.9 Å². The standard InChI is InChI=1S/C26H33N3O3/c1-2-32-24-11-4-3-10-22(24)26(31)29-17-6-5-9-21-18-28(19-23(21)29)25(30)12-7-8-20-13-15-27-16-14-20/h3-4,10-11,13-16,21,23H,2,5-9,12,17-19H2,1H3/t21-,23+/m0/s1. The van der Waals surface area contributed by atoms with E-state index < -0.39 is 0 Å². The molecule has 2 fully saturated rings. The molecular formula is C26H33N3O3. The predicted octanol–water partition coefficient (Wildman–Crippen LogP) is 3.96. The Morgan fingerprint density at radius 3 is 2.72 bits per heavy atom. The molecule has 0 unspecified atom stereocenters. The van der Waals surface area contributed by atoms with Crippen LogP contribution in [0.15, 0.2) is 48.8 Å². The summed E-state index contributed by atoms with van der Waals surface area (Å²) in [5.74, 6) is 1.22. The van der Waals surface area contributed by atoms with Crippen molar-refractivity contribution in [2.24, 2.45) is 5.92 Å². The number of fused-ring (bicyclic) bond motifs is 1. The lowest BCUT2D eigenvalue weighted by Crippen LogP contribution is -2.44. The second kappa shape index (κ2) is 10.6. The Labute approximate surface area is 190 Å². The van der Waals surface area contributed by atoms with Gasteiger partial charge in [0.25, 0.3) is 5.91 Å². The highest BCUT2D eigenvalue weighted by molar-refractivity contribution is 5.97. The highest BCUT2D eigenvalue weighted by atomic mass is 16.5. The van der Waals surface area contributed by atoms with Gasteiger partial charge in [-0.2, -0.15) is 0 Å². The molecule has 2 aromatic rings. The molecular weight excluding hydrogens is 402 g/mol. The molecule has 0 saturated carbocycles. The lowest BCUT2D eigenvalue weighted by Gasteiger charge is -2.30. The number of hydrogen-bond donors (Lipinski definition) is 0. The van der Waals surface area contributed by atoms with Gasteiger partial charge >= 0.3 is 0 Å². The summed E-state index contributed by atoms with van der Waals surface area (Å²) in [7, 11) is 0. The first-order chi connectivity index (χ1) is 15.7. The fourth-order valence-corrected chi connectivity index (χ4v) is 5.03. The van der Waals surface area contributed by atoms with Crippen molar-refractivity contribution in [1.29, 1.82) is 0 Å². The van der Waals surface area contributed by atoms with Gasteiger partial charge in [0.2, 0.25) is 5.91 Å². The van der Waals surface area contributed by atoms with Crippen LogP contribution in [0.5, 0.6) is 5.75 Å². The summed E-state index contributed by atoms with van der Waals surface area (Å²) in [5, 5.41) is 0. The largest absolute Gasteiger partial charge is 0.493 e. The zero-order valence-corrected chi connectivity index (χ0v) is 18.9. The maximum Gasteiger partial charge on any atom is 0.257 e. The summed E-state index contributed by atoms with van der Waals surface area (Å²) in [5.41, 5.74) is 1.83. The monoisotopic (exact) mass is 435 g/mol. The number of aromatic nitrogens is 1. The third-order valence-electron chi connectivity index (χ3n) is 6.67. The van der Waals surface area contributed by atoms with E-state index in [4.69, 9.17) is 4.74 Å². The molecule has 3 heterocycles. The molecule has 6 heteroatoms. The molecule has 0 N–H and O–H groups in total. The minimum Gasteiger partial charge on any atom is -0.493 e. The summed E-state index contributed by atoms with van der Waals surface area (Å²) in [6, 6.07) is 11.6. The van der Waals surface area contributed by atoms with Gasteiger partial charge in [0.15, 0.2) is 0 Å². The number of carbonyl (C=O) groups excluding carboxylic acids is 2. The lowest BCUT2D eigenvalue weighted by atomic mass is 9.98. The first kappa shape index (κ1) is 22.3. The van der Waals surface area contributed by atoms with Crippen LogP contribution in [0.25, 0.3) is 0 Å². The number of ether oxygens (including phenoxy) is 1. The average molecular weight is 436 g/mol. The van der Waals surface area contributed by atoms with Gasteiger partial charge in [-0.1, -0.05) is 18.6 Å². The Kier molecular flexibility index (Phi) is 7.40. The Morgan fingerprint density at radius 2 is 1.91 bits per heavy atom. The highest BCUT2D eigenvalue weighted by Crippen LogP contribution is 2.32. The van der Waals surface area contributed by atoms with Crippen LogP contribution in [-0.2, 0) is 11.2 Å². The van der Waals surface area contributed by atoms with E-state index in [1.807, 2.05) is 53.1 Å². The van der Waals surface area contributed by atoms with Crippen LogP contribution in [0.1, 0.15) is 54.9 Å². The highest BCUT2D eigenvalue weighted by Gasteiger charge is 2.41. The van der Waals surface area contributed by atoms with Crippen molar-refractivity contribution in [2.45, 2.75) is 51.5 Å². The van der Waals surface area contributed by atoms with Crippen LogP contribution < -0.4 is 4.74 Å². The molecule has 4 rings (SSSR count). The summed E-state index contributed by atoms with van der Waals surface area (Å²) in [6.45, 7) is 4.60. The summed E-state index contributed by atoms with van der Waals surface area (Å²) in [4.78, 5) is 34.5. The third-order valence-corrected chi connectivity index (χ3v) is 6.67. The lowest BCUT2D eigenvalue weighted by molar-refractivity contribution is -0.130. The normalized spacial score (nSPS) is 20.5. The van der Waals surface area contributed by atoms with Gasteiger partial charge in [-0.05, 0) is 68.4 Å². The number of para-hydroxylation sites is 1. The van der Waals surface area contributed by atoms with E-state index in [0.717, 1.165) is 45.2 Å². The minimum absolute atomic E-state index is 0.0259. The number of hydrogen-bond acceptors (Lipinski definition) is 4. The molecule has 0 spiro atoms. The van der Waals surface area contributed by atoms with Gasteiger partial charge < -0.3 is 14.5 Å². The van der Waals surface area contributed by atoms with Crippen LogP contribution >= 0.6 is 0 Å². The summed E-state index contributed by atoms with van der Waals surface area (Å²) >= 11 is 0. The van der Waals surface area contributed by atoms with Gasteiger partial charge in [-0.15, -0.1) is 0 Å². The number of pyridine rings is 1. The molecule has 6 nitrogen and oxygen atoms in total. The second-order valence-corrected chi connectivity index (χ2v) is 8.76. The van der Waals surface area contributed by atoms with Gasteiger partial charge in [0, 0.05) is 38.4 Å². The van der Waals surface area contributed by atoms with Crippen molar-refractivity contribution in [2.75, 3.05) is 26.2 Å². The number of benzene rings is 1. The maximum atomic E-state index is 13.5. The number of aryl methyl sites for hydroxylation is 1. The first-order valence-electron chi connectivity index (χ1n) is 11.9. The van der Waals surface area contributed by atoms with E-state index in [1.165, 1.54) is 5.56 Å². The number of carbonyl (C=O) groups is 2. The molecule has 0 bridgehead atoms. The number of nitrogens with zero attached hydrogens (tertiary/aromatic N) is 3. The number of rotatable bonds is 7. The molecule has 1 aromatic carbocycles. The SMILES string of the molecule is CCOc1ccccc1C(=O)N1CCCC[C@H]2CN(C(=O)CCCc3ccncc3)C[C@H]21. The third kappa shape index (κ3) is 5.12. The predicted molar refractivity (Wildman–Crippen MR) is 124 cm³/mol. The van der Waals surface area contributed by atoms with Crippen LogP contribution in [0, 0.1) is 5.92 Å². The van der Waals surface area contributed by atoms with Gasteiger partial charge in [-0.25, -0.2) is 0 Å². The molecule has 2 atom stereocenters. The Bertz CT molecular complexity index is 918. The Hall–Kier alpha value is -2.89. The van der Waals surface area contributed by atoms with E-state index in [2.05, 4.69) is 4.98 Å². The molecule has 2 aliphatic rings. The van der Waals surface area contributed by atoms with E-state index >= 15 is 0 Å². The van der Waals surface area contributed by atoms with E-state index in [9.17, 15) is 9.59 Å². The average Bonchev–Trinajstić information content (AvgIpc) is 3.14. The van der Waals surface area contributed by atoms with Crippen molar-refractivity contribution >= 4 is 11.8 Å². The van der Waals surface area contributed by atoms with Gasteiger partial charge in [0.1, 0.15) is 5.75 Å². The first-order valence-corrected chi connectivity index (χ1v) is 11.9. The van der Waals surface area contributed by atoms with Crippen LogP contribution in [-0.4, -0.2) is 58.9 Å². The summed E-state index contributed by atoms with van der Waals surface area (Å²) < 4.78 is 5.72. The molecule has 0 radical (unpaired) electrons. The fraction of sp³-hybridized carbons (Fsp3) is 0.500. The Morgan fingerprint density at radius 1 is 1.09 bits per heavy atom. The van der Waals surface area contributed by atoms with E-state index in [0.29, 0.717) is 36.8 Å². The minimum atomic E-state index is 0.0259. The van der Waals surface area contributed by atoms with E-state index in [1.54, 1.807) is 12.4 Å². The summed E-state index contributed by atoms with van der Waals surface area (Å²) in [6.07, 6.45) is 9.02. The molecule has 1 aromatic heterocycles. The molecule has 2 amide bonds.